The molecule has 0 aliphatic heterocycles. The van der Waals surface area contributed by atoms with E-state index in [0.29, 0.717) is 18.0 Å². The molecule has 1 N–H and O–H groups in total. The molecule has 0 unspecified atom stereocenters. The maximum Gasteiger partial charge on any atom is 0.258 e. The first-order chi connectivity index (χ1) is 12.7. The molecule has 3 aromatic rings. The zero-order chi connectivity index (χ0) is 18.2. The van der Waals surface area contributed by atoms with E-state index in [-0.39, 0.29) is 12.5 Å². The van der Waals surface area contributed by atoms with Crippen LogP contribution in [0, 0.1) is 6.92 Å². The minimum Gasteiger partial charge on any atom is -0.484 e. The lowest BCUT2D eigenvalue weighted by molar-refractivity contribution is -0.123. The number of carbonyl (C=O) groups is 1. The van der Waals surface area contributed by atoms with Gasteiger partial charge in [-0.05, 0) is 61.0 Å². The molecule has 5 heteroatoms. The van der Waals surface area contributed by atoms with Crippen LogP contribution in [-0.2, 0) is 11.3 Å². The van der Waals surface area contributed by atoms with Gasteiger partial charge < -0.3 is 14.8 Å². The van der Waals surface area contributed by atoms with E-state index in [2.05, 4.69) is 10.3 Å². The van der Waals surface area contributed by atoms with Crippen LogP contribution in [0.25, 0.3) is 0 Å². The van der Waals surface area contributed by atoms with Gasteiger partial charge in [-0.3, -0.25) is 9.78 Å². The van der Waals surface area contributed by atoms with E-state index in [0.717, 1.165) is 11.3 Å². The lowest BCUT2D eigenvalue weighted by atomic mass is 10.2. The van der Waals surface area contributed by atoms with Crippen LogP contribution in [0.4, 0.5) is 0 Å². The van der Waals surface area contributed by atoms with Crippen molar-refractivity contribution >= 4 is 5.91 Å². The fourth-order valence-corrected chi connectivity index (χ4v) is 2.25. The molecule has 2 aromatic carbocycles. The summed E-state index contributed by atoms with van der Waals surface area (Å²) in [5.41, 5.74) is 2.18. The minimum absolute atomic E-state index is 0.0384. The molecule has 0 saturated carbocycles. The highest BCUT2D eigenvalue weighted by molar-refractivity contribution is 5.77. The Hall–Kier alpha value is -3.34. The topological polar surface area (TPSA) is 60.5 Å². The molecule has 5 nitrogen and oxygen atoms in total. The highest BCUT2D eigenvalue weighted by Gasteiger charge is 2.04. The third-order valence-electron chi connectivity index (χ3n) is 3.69. The molecule has 0 aliphatic rings. The highest BCUT2D eigenvalue weighted by Crippen LogP contribution is 2.24. The predicted molar refractivity (Wildman–Crippen MR) is 99.3 cm³/mol. The van der Waals surface area contributed by atoms with Crippen molar-refractivity contribution in [3.05, 3.63) is 84.2 Å². The van der Waals surface area contributed by atoms with Crippen molar-refractivity contribution in [1.82, 2.24) is 10.3 Å². The van der Waals surface area contributed by atoms with E-state index < -0.39 is 0 Å². The number of hydrogen-bond acceptors (Lipinski definition) is 4. The Labute approximate surface area is 152 Å². The molecule has 0 saturated heterocycles. The normalized spacial score (nSPS) is 10.2. The van der Waals surface area contributed by atoms with E-state index in [1.807, 2.05) is 55.5 Å². The summed E-state index contributed by atoms with van der Waals surface area (Å²) >= 11 is 0. The maximum absolute atomic E-state index is 11.8. The number of benzene rings is 2. The van der Waals surface area contributed by atoms with Crippen LogP contribution in [0.5, 0.6) is 17.2 Å². The lowest BCUT2D eigenvalue weighted by Crippen LogP contribution is -2.28. The van der Waals surface area contributed by atoms with Crippen molar-refractivity contribution in [1.29, 1.82) is 0 Å². The first kappa shape index (κ1) is 17.5. The van der Waals surface area contributed by atoms with Gasteiger partial charge in [0.1, 0.15) is 17.2 Å². The lowest BCUT2D eigenvalue weighted by Gasteiger charge is -2.09. The summed E-state index contributed by atoms with van der Waals surface area (Å²) in [6, 6.07) is 18.7. The van der Waals surface area contributed by atoms with E-state index in [4.69, 9.17) is 9.47 Å². The number of hydrogen-bond donors (Lipinski definition) is 1. The predicted octanol–water partition coefficient (Wildman–Crippen LogP) is 3.88. The molecule has 0 bridgehead atoms. The Balaban J connectivity index is 1.45. The Kier molecular flexibility index (Phi) is 5.83. The number of ether oxygens (including phenoxy) is 2. The van der Waals surface area contributed by atoms with Gasteiger partial charge in [0.05, 0.1) is 0 Å². The molecule has 0 spiro atoms. The summed E-state index contributed by atoms with van der Waals surface area (Å²) in [5.74, 6) is 1.92. The summed E-state index contributed by atoms with van der Waals surface area (Å²) in [6.07, 6.45) is 3.39. The zero-order valence-electron chi connectivity index (χ0n) is 14.5. The molecule has 1 aromatic heterocycles. The number of rotatable bonds is 7. The monoisotopic (exact) mass is 348 g/mol. The minimum atomic E-state index is -0.179. The van der Waals surface area contributed by atoms with Crippen LogP contribution >= 0.6 is 0 Å². The van der Waals surface area contributed by atoms with Gasteiger partial charge in [0.15, 0.2) is 6.61 Å². The van der Waals surface area contributed by atoms with E-state index in [9.17, 15) is 4.79 Å². The van der Waals surface area contributed by atoms with Crippen molar-refractivity contribution in [2.45, 2.75) is 13.5 Å². The summed E-state index contributed by atoms with van der Waals surface area (Å²) in [4.78, 5) is 15.8. The van der Waals surface area contributed by atoms with Crippen molar-refractivity contribution in [2.75, 3.05) is 6.61 Å². The highest BCUT2D eigenvalue weighted by atomic mass is 16.5. The van der Waals surface area contributed by atoms with Gasteiger partial charge in [-0.25, -0.2) is 0 Å². The number of nitrogens with zero attached hydrogens (tertiary/aromatic N) is 1. The quantitative estimate of drug-likeness (QED) is 0.704. The van der Waals surface area contributed by atoms with Crippen LogP contribution in [-0.4, -0.2) is 17.5 Å². The van der Waals surface area contributed by atoms with Crippen LogP contribution in [0.2, 0.25) is 0 Å². The molecular formula is C21H20N2O3. The number of carbonyl (C=O) groups excluding carboxylic acids is 1. The fourth-order valence-electron chi connectivity index (χ4n) is 2.25. The second kappa shape index (κ2) is 8.67. The number of aryl methyl sites for hydroxylation is 1. The van der Waals surface area contributed by atoms with E-state index in [1.165, 1.54) is 5.56 Å². The molecule has 0 aliphatic carbocycles. The van der Waals surface area contributed by atoms with E-state index >= 15 is 0 Å². The van der Waals surface area contributed by atoms with Gasteiger partial charge >= 0.3 is 0 Å². The van der Waals surface area contributed by atoms with Crippen LogP contribution in [0.15, 0.2) is 73.1 Å². The largest absolute Gasteiger partial charge is 0.484 e. The average Bonchev–Trinajstić information content (AvgIpc) is 2.68. The molecular weight excluding hydrogens is 328 g/mol. The summed E-state index contributed by atoms with van der Waals surface area (Å²) in [5, 5.41) is 2.80. The Morgan fingerprint density at radius 1 is 0.885 bits per heavy atom. The summed E-state index contributed by atoms with van der Waals surface area (Å²) in [7, 11) is 0. The molecule has 26 heavy (non-hydrogen) atoms. The Morgan fingerprint density at radius 2 is 1.46 bits per heavy atom. The average molecular weight is 348 g/mol. The molecule has 0 radical (unpaired) electrons. The van der Waals surface area contributed by atoms with Gasteiger partial charge in [-0.15, -0.1) is 0 Å². The smallest absolute Gasteiger partial charge is 0.258 e. The van der Waals surface area contributed by atoms with Crippen LogP contribution in [0.3, 0.4) is 0 Å². The van der Waals surface area contributed by atoms with Crippen molar-refractivity contribution in [3.63, 3.8) is 0 Å². The number of nitrogens with one attached hydrogen (secondary N) is 1. The molecule has 132 valence electrons. The van der Waals surface area contributed by atoms with Crippen molar-refractivity contribution < 1.29 is 14.3 Å². The van der Waals surface area contributed by atoms with Gasteiger partial charge in [-0.1, -0.05) is 17.7 Å². The van der Waals surface area contributed by atoms with Gasteiger partial charge in [0.2, 0.25) is 0 Å². The van der Waals surface area contributed by atoms with E-state index in [1.54, 1.807) is 24.5 Å². The van der Waals surface area contributed by atoms with Gasteiger partial charge in [0.25, 0.3) is 5.91 Å². The second-order valence-corrected chi connectivity index (χ2v) is 5.81. The maximum atomic E-state index is 11.8. The SMILES string of the molecule is Cc1ccc(Oc2ccc(OCC(=O)NCc3ccncc3)cc2)cc1. The number of amides is 1. The Morgan fingerprint density at radius 3 is 2.12 bits per heavy atom. The summed E-state index contributed by atoms with van der Waals surface area (Å²) in [6.45, 7) is 2.44. The molecule has 3 rings (SSSR count). The standard InChI is InChI=1S/C21H20N2O3/c1-16-2-4-19(5-3-16)26-20-8-6-18(7-9-20)25-15-21(24)23-14-17-10-12-22-13-11-17/h2-13H,14-15H2,1H3,(H,23,24). The first-order valence-corrected chi connectivity index (χ1v) is 8.32. The molecule has 0 atom stereocenters. The van der Waals surface area contributed by atoms with Crippen LogP contribution < -0.4 is 14.8 Å². The Bertz CT molecular complexity index is 831. The van der Waals surface area contributed by atoms with Crippen LogP contribution in [0.1, 0.15) is 11.1 Å². The number of pyridine rings is 1. The van der Waals surface area contributed by atoms with Gasteiger partial charge in [0, 0.05) is 18.9 Å². The fraction of sp³-hybridized carbons (Fsp3) is 0.143. The molecule has 1 amide bonds. The molecule has 0 fully saturated rings. The third kappa shape index (κ3) is 5.34. The third-order valence-corrected chi connectivity index (χ3v) is 3.69. The number of aromatic nitrogens is 1. The first-order valence-electron chi connectivity index (χ1n) is 8.32. The van der Waals surface area contributed by atoms with Crippen molar-refractivity contribution in [2.24, 2.45) is 0 Å². The van der Waals surface area contributed by atoms with Gasteiger partial charge in [-0.2, -0.15) is 0 Å². The second-order valence-electron chi connectivity index (χ2n) is 5.81. The summed E-state index contributed by atoms with van der Waals surface area (Å²) < 4.78 is 11.3. The van der Waals surface area contributed by atoms with Crippen molar-refractivity contribution in [3.8, 4) is 17.2 Å². The molecule has 1 heterocycles. The zero-order valence-corrected chi connectivity index (χ0v) is 14.5.